The highest BCUT2D eigenvalue weighted by Crippen LogP contribution is 2.16. The quantitative estimate of drug-likeness (QED) is 0.507. The second-order valence-electron chi connectivity index (χ2n) is 7.00. The molecule has 28 heavy (non-hydrogen) atoms. The minimum atomic E-state index is -0.885. The van der Waals surface area contributed by atoms with Crippen molar-refractivity contribution < 1.29 is 14.6 Å². The van der Waals surface area contributed by atoms with Crippen LogP contribution < -0.4 is 0 Å². The maximum absolute atomic E-state index is 11.0. The van der Waals surface area contributed by atoms with E-state index in [4.69, 9.17) is 9.84 Å². The molecule has 0 radical (unpaired) electrons. The molecule has 0 amide bonds. The molecule has 1 atom stereocenters. The van der Waals surface area contributed by atoms with Crippen molar-refractivity contribution in [3.05, 3.63) is 107 Å². The highest BCUT2D eigenvalue weighted by molar-refractivity contribution is 5.87. The third kappa shape index (κ3) is 6.36. The molecule has 3 rings (SSSR count). The molecule has 0 aliphatic heterocycles. The number of ether oxygens (including phenoxy) is 1. The SMILES string of the molecule is O=C(O)c1ccc(CCCC(Cc2ccccc2)OCc2ccccc2)cc1. The summed E-state index contributed by atoms with van der Waals surface area (Å²) in [5.41, 5.74) is 3.96. The van der Waals surface area contributed by atoms with Gasteiger partial charge in [0.15, 0.2) is 0 Å². The number of hydrogen-bond acceptors (Lipinski definition) is 2. The number of carboxylic acids is 1. The van der Waals surface area contributed by atoms with Gasteiger partial charge < -0.3 is 9.84 Å². The average molecular weight is 374 g/mol. The van der Waals surface area contributed by atoms with Crippen molar-refractivity contribution in [2.45, 2.75) is 38.4 Å². The van der Waals surface area contributed by atoms with Gasteiger partial charge in [-0.1, -0.05) is 72.8 Å². The Labute approximate surface area is 166 Å². The number of aromatic carboxylic acids is 1. The normalized spacial score (nSPS) is 11.9. The zero-order valence-corrected chi connectivity index (χ0v) is 16.0. The van der Waals surface area contributed by atoms with Gasteiger partial charge in [-0.05, 0) is 54.5 Å². The monoisotopic (exact) mass is 374 g/mol. The summed E-state index contributed by atoms with van der Waals surface area (Å²) in [6.07, 6.45) is 3.92. The lowest BCUT2D eigenvalue weighted by Crippen LogP contribution is -2.16. The summed E-state index contributed by atoms with van der Waals surface area (Å²) in [5, 5.41) is 9.00. The topological polar surface area (TPSA) is 46.5 Å². The van der Waals surface area contributed by atoms with E-state index in [1.54, 1.807) is 12.1 Å². The Balaban J connectivity index is 1.55. The third-order valence-electron chi connectivity index (χ3n) is 4.83. The Morgan fingerprint density at radius 2 is 1.39 bits per heavy atom. The molecular weight excluding hydrogens is 348 g/mol. The molecule has 0 bridgehead atoms. The standard InChI is InChI=1S/C25H26O3/c26-25(27)23-16-14-20(15-17-23)12-7-13-24(18-21-8-3-1-4-9-21)28-19-22-10-5-2-6-11-22/h1-6,8-11,14-17,24H,7,12-13,18-19H2,(H,26,27). The first kappa shape index (κ1) is 19.8. The number of carbonyl (C=O) groups is 1. The molecule has 3 aromatic rings. The molecule has 3 nitrogen and oxygen atoms in total. The molecule has 0 saturated carbocycles. The molecule has 0 fully saturated rings. The van der Waals surface area contributed by atoms with Crippen molar-refractivity contribution in [3.63, 3.8) is 0 Å². The van der Waals surface area contributed by atoms with Crippen LogP contribution in [0.4, 0.5) is 0 Å². The number of hydrogen-bond donors (Lipinski definition) is 1. The molecule has 0 saturated heterocycles. The van der Waals surface area contributed by atoms with Gasteiger partial charge in [-0.15, -0.1) is 0 Å². The predicted molar refractivity (Wildman–Crippen MR) is 112 cm³/mol. The van der Waals surface area contributed by atoms with Crippen molar-refractivity contribution >= 4 is 5.97 Å². The van der Waals surface area contributed by atoms with Crippen LogP contribution in [0.25, 0.3) is 0 Å². The van der Waals surface area contributed by atoms with Crippen LogP contribution in [0.2, 0.25) is 0 Å². The van der Waals surface area contributed by atoms with E-state index in [0.29, 0.717) is 12.2 Å². The van der Waals surface area contributed by atoms with E-state index >= 15 is 0 Å². The van der Waals surface area contributed by atoms with Gasteiger partial charge in [-0.25, -0.2) is 4.79 Å². The number of rotatable bonds is 10. The Bertz CT molecular complexity index is 842. The van der Waals surface area contributed by atoms with E-state index in [1.165, 1.54) is 11.1 Å². The van der Waals surface area contributed by atoms with Gasteiger partial charge in [0.1, 0.15) is 0 Å². The van der Waals surface area contributed by atoms with Crippen molar-refractivity contribution in [2.75, 3.05) is 0 Å². The van der Waals surface area contributed by atoms with Crippen LogP contribution in [-0.4, -0.2) is 17.2 Å². The average Bonchev–Trinajstić information content (AvgIpc) is 2.74. The van der Waals surface area contributed by atoms with Crippen LogP contribution in [0, 0.1) is 0 Å². The van der Waals surface area contributed by atoms with E-state index in [1.807, 2.05) is 36.4 Å². The summed E-state index contributed by atoms with van der Waals surface area (Å²) in [6.45, 7) is 0.617. The number of benzene rings is 3. The van der Waals surface area contributed by atoms with Crippen LogP contribution in [0.15, 0.2) is 84.9 Å². The smallest absolute Gasteiger partial charge is 0.335 e. The second kappa shape index (κ2) is 10.4. The molecule has 1 N–H and O–H groups in total. The van der Waals surface area contributed by atoms with Crippen LogP contribution in [0.1, 0.15) is 39.9 Å². The number of aryl methyl sites for hydroxylation is 1. The van der Waals surface area contributed by atoms with Crippen LogP contribution in [0.5, 0.6) is 0 Å². The summed E-state index contributed by atoms with van der Waals surface area (Å²) in [5.74, 6) is -0.885. The highest BCUT2D eigenvalue weighted by Gasteiger charge is 2.11. The molecule has 3 aromatic carbocycles. The summed E-state index contributed by atoms with van der Waals surface area (Å²) in [4.78, 5) is 11.0. The van der Waals surface area contributed by atoms with Crippen molar-refractivity contribution in [3.8, 4) is 0 Å². The van der Waals surface area contributed by atoms with Crippen molar-refractivity contribution in [2.24, 2.45) is 0 Å². The van der Waals surface area contributed by atoms with Gasteiger partial charge in [-0.2, -0.15) is 0 Å². The molecular formula is C25H26O3. The van der Waals surface area contributed by atoms with E-state index < -0.39 is 5.97 Å². The van der Waals surface area contributed by atoms with E-state index in [2.05, 4.69) is 36.4 Å². The first-order chi connectivity index (χ1) is 13.7. The summed E-state index contributed by atoms with van der Waals surface area (Å²) < 4.78 is 6.24. The van der Waals surface area contributed by atoms with E-state index in [9.17, 15) is 4.79 Å². The molecule has 0 aromatic heterocycles. The maximum Gasteiger partial charge on any atom is 0.335 e. The summed E-state index contributed by atoms with van der Waals surface area (Å²) in [6, 6.07) is 27.8. The fourth-order valence-corrected chi connectivity index (χ4v) is 3.26. The Morgan fingerprint density at radius 1 is 0.786 bits per heavy atom. The molecule has 1 unspecified atom stereocenters. The lowest BCUT2D eigenvalue weighted by molar-refractivity contribution is 0.0341. The Morgan fingerprint density at radius 3 is 2.00 bits per heavy atom. The van der Waals surface area contributed by atoms with Crippen LogP contribution >= 0.6 is 0 Å². The van der Waals surface area contributed by atoms with Gasteiger partial charge in [0.05, 0.1) is 18.3 Å². The molecule has 0 heterocycles. The highest BCUT2D eigenvalue weighted by atomic mass is 16.5. The zero-order chi connectivity index (χ0) is 19.6. The summed E-state index contributed by atoms with van der Waals surface area (Å²) in [7, 11) is 0. The zero-order valence-electron chi connectivity index (χ0n) is 16.0. The van der Waals surface area contributed by atoms with Crippen LogP contribution in [0.3, 0.4) is 0 Å². The minimum Gasteiger partial charge on any atom is -0.478 e. The molecule has 144 valence electrons. The van der Waals surface area contributed by atoms with Crippen LogP contribution in [-0.2, 0) is 24.2 Å². The van der Waals surface area contributed by atoms with Gasteiger partial charge in [0.2, 0.25) is 0 Å². The van der Waals surface area contributed by atoms with Gasteiger partial charge in [-0.3, -0.25) is 0 Å². The lowest BCUT2D eigenvalue weighted by atomic mass is 10.0. The van der Waals surface area contributed by atoms with E-state index in [0.717, 1.165) is 31.2 Å². The fourth-order valence-electron chi connectivity index (χ4n) is 3.26. The first-order valence-electron chi connectivity index (χ1n) is 9.72. The van der Waals surface area contributed by atoms with E-state index in [-0.39, 0.29) is 6.10 Å². The largest absolute Gasteiger partial charge is 0.478 e. The Hall–Kier alpha value is -2.91. The first-order valence-corrected chi connectivity index (χ1v) is 9.72. The lowest BCUT2D eigenvalue weighted by Gasteiger charge is -2.18. The van der Waals surface area contributed by atoms with Crippen molar-refractivity contribution in [1.82, 2.24) is 0 Å². The molecule has 0 spiro atoms. The molecule has 0 aliphatic rings. The second-order valence-corrected chi connectivity index (χ2v) is 7.00. The summed E-state index contributed by atoms with van der Waals surface area (Å²) >= 11 is 0. The fraction of sp³-hybridized carbons (Fsp3) is 0.240. The number of carboxylic acid groups (broad SMARTS) is 1. The van der Waals surface area contributed by atoms with Gasteiger partial charge in [0.25, 0.3) is 0 Å². The predicted octanol–water partition coefficient (Wildman–Crippen LogP) is 5.54. The minimum absolute atomic E-state index is 0.154. The van der Waals surface area contributed by atoms with Gasteiger partial charge in [0, 0.05) is 0 Å². The Kier molecular flexibility index (Phi) is 7.39. The molecule has 0 aliphatic carbocycles. The van der Waals surface area contributed by atoms with Gasteiger partial charge >= 0.3 is 5.97 Å². The third-order valence-corrected chi connectivity index (χ3v) is 4.83. The maximum atomic E-state index is 11.0. The molecule has 3 heteroatoms. The van der Waals surface area contributed by atoms with Crippen molar-refractivity contribution in [1.29, 1.82) is 0 Å².